The highest BCUT2D eigenvalue weighted by atomic mass is 31.1. The third-order valence-corrected chi connectivity index (χ3v) is 2.04. The maximum Gasteiger partial charge on any atom is -0.0317 e. The number of hydrogen-bond acceptors (Lipinski definition) is 0. The van der Waals surface area contributed by atoms with Gasteiger partial charge in [-0.25, -0.2) is 0 Å². The van der Waals surface area contributed by atoms with Gasteiger partial charge >= 0.3 is 0 Å². The molecule has 0 saturated carbocycles. The second-order valence-electron chi connectivity index (χ2n) is 1.59. The van der Waals surface area contributed by atoms with Gasteiger partial charge in [-0.15, -0.1) is 0 Å². The van der Waals surface area contributed by atoms with Crippen molar-refractivity contribution in [3.63, 3.8) is 0 Å². The van der Waals surface area contributed by atoms with E-state index in [9.17, 15) is 0 Å². The zero-order chi connectivity index (χ0) is 7.11. The van der Waals surface area contributed by atoms with Gasteiger partial charge < -0.3 is 0 Å². The van der Waals surface area contributed by atoms with Crippen molar-refractivity contribution in [3.05, 3.63) is 36.2 Å². The molecule has 0 aliphatic carbocycles. The van der Waals surface area contributed by atoms with Crippen LogP contribution in [0.3, 0.4) is 0 Å². The molecule has 0 aromatic carbocycles. The fourth-order valence-corrected chi connectivity index (χ4v) is 1.05. The van der Waals surface area contributed by atoms with Crippen LogP contribution in [-0.2, 0) is 0 Å². The molecule has 0 saturated heterocycles. The maximum absolute atomic E-state index is 3.59. The number of rotatable bonds is 3. The summed E-state index contributed by atoms with van der Waals surface area (Å²) in [5.74, 6) is 0. The highest BCUT2D eigenvalue weighted by molar-refractivity contribution is 7.42. The Morgan fingerprint density at radius 2 is 2.22 bits per heavy atom. The van der Waals surface area contributed by atoms with E-state index in [1.165, 1.54) is 5.31 Å². The highest BCUT2D eigenvalue weighted by Crippen LogP contribution is 2.19. The molecule has 0 amide bonds. The van der Waals surface area contributed by atoms with Crippen LogP contribution in [0.4, 0.5) is 0 Å². The van der Waals surface area contributed by atoms with Gasteiger partial charge in [0.15, 0.2) is 0 Å². The molecule has 1 heteroatoms. The third-order valence-electron chi connectivity index (χ3n) is 1.01. The summed E-state index contributed by atoms with van der Waals surface area (Å²) in [6.45, 7) is 7.81. The average Bonchev–Trinajstić information content (AvgIpc) is 1.91. The maximum atomic E-state index is 3.59. The van der Waals surface area contributed by atoms with E-state index in [0.717, 1.165) is 8.58 Å². The van der Waals surface area contributed by atoms with Crippen LogP contribution in [0.25, 0.3) is 0 Å². The summed E-state index contributed by atoms with van der Waals surface area (Å²) in [5.41, 5.74) is 0. The Kier molecular flexibility index (Phi) is 5.56. The summed E-state index contributed by atoms with van der Waals surface area (Å²) in [4.78, 5) is 0. The lowest BCUT2D eigenvalue weighted by molar-refractivity contribution is 1.70. The van der Waals surface area contributed by atoms with Crippen molar-refractivity contribution < 1.29 is 0 Å². The molecular formula is C8H13P. The Morgan fingerprint density at radius 3 is 2.56 bits per heavy atom. The fourth-order valence-electron chi connectivity index (χ4n) is 0.496. The monoisotopic (exact) mass is 140 g/mol. The Balaban J connectivity index is 3.84. The molecule has 1 unspecified atom stereocenters. The van der Waals surface area contributed by atoms with E-state index in [1.807, 2.05) is 6.08 Å². The van der Waals surface area contributed by atoms with Crippen molar-refractivity contribution in [2.24, 2.45) is 0 Å². The standard InChI is InChI=1S/C8H13P/c1-4-6-7-8(5-2)9-3/h4-7,9H,1H2,2-3H3/b7-6-,8-5+. The van der Waals surface area contributed by atoms with Crippen LogP contribution in [0.1, 0.15) is 6.92 Å². The molecule has 0 rings (SSSR count). The Morgan fingerprint density at radius 1 is 1.56 bits per heavy atom. The zero-order valence-corrected chi connectivity index (χ0v) is 7.02. The molecule has 0 aliphatic heterocycles. The summed E-state index contributed by atoms with van der Waals surface area (Å²) in [5, 5.41) is 1.38. The van der Waals surface area contributed by atoms with Gasteiger partial charge in [0.1, 0.15) is 0 Å². The molecule has 0 spiro atoms. The minimum Gasteiger partial charge on any atom is -0.0991 e. The van der Waals surface area contributed by atoms with Crippen LogP contribution in [0.2, 0.25) is 0 Å². The van der Waals surface area contributed by atoms with Crippen LogP contribution >= 0.6 is 8.58 Å². The van der Waals surface area contributed by atoms with E-state index in [-0.39, 0.29) is 0 Å². The second kappa shape index (κ2) is 5.78. The van der Waals surface area contributed by atoms with Gasteiger partial charge in [0, 0.05) is 0 Å². The van der Waals surface area contributed by atoms with E-state index in [1.54, 1.807) is 6.08 Å². The van der Waals surface area contributed by atoms with Crippen molar-refractivity contribution >= 4 is 8.58 Å². The first kappa shape index (κ1) is 8.65. The molecule has 9 heavy (non-hydrogen) atoms. The van der Waals surface area contributed by atoms with Crippen LogP contribution in [0, 0.1) is 0 Å². The third kappa shape index (κ3) is 4.17. The van der Waals surface area contributed by atoms with E-state index >= 15 is 0 Å². The van der Waals surface area contributed by atoms with Crippen LogP contribution in [-0.4, -0.2) is 6.66 Å². The first-order valence-corrected chi connectivity index (χ1v) is 4.48. The Bertz CT molecular complexity index is 132. The molecule has 50 valence electrons. The van der Waals surface area contributed by atoms with Gasteiger partial charge in [-0.05, 0) is 18.9 Å². The predicted octanol–water partition coefficient (Wildman–Crippen LogP) is 2.94. The lowest BCUT2D eigenvalue weighted by Crippen LogP contribution is -1.60. The SMILES string of the molecule is C=C/C=C\C(=C/C)PC. The number of allylic oxidation sites excluding steroid dienone is 5. The molecule has 1 atom stereocenters. The van der Waals surface area contributed by atoms with Gasteiger partial charge in [0.05, 0.1) is 0 Å². The topological polar surface area (TPSA) is 0 Å². The smallest absolute Gasteiger partial charge is 0.0317 e. The second-order valence-corrected chi connectivity index (χ2v) is 2.67. The molecule has 0 nitrogen and oxygen atoms in total. The zero-order valence-electron chi connectivity index (χ0n) is 6.02. The Hall–Kier alpha value is -0.350. The molecular weight excluding hydrogens is 127 g/mol. The lowest BCUT2D eigenvalue weighted by Gasteiger charge is -1.90. The average molecular weight is 140 g/mol. The van der Waals surface area contributed by atoms with Crippen molar-refractivity contribution in [2.75, 3.05) is 6.66 Å². The van der Waals surface area contributed by atoms with Crippen LogP contribution < -0.4 is 0 Å². The molecule has 0 bridgehead atoms. The van der Waals surface area contributed by atoms with Crippen molar-refractivity contribution in [2.45, 2.75) is 6.92 Å². The molecule has 0 heterocycles. The molecule has 0 aromatic heterocycles. The molecule has 0 N–H and O–H groups in total. The minimum atomic E-state index is 0.885. The summed E-state index contributed by atoms with van der Waals surface area (Å²) in [6.07, 6.45) is 7.97. The fraction of sp³-hybridized carbons (Fsp3) is 0.250. The van der Waals surface area contributed by atoms with E-state index in [4.69, 9.17) is 0 Å². The largest absolute Gasteiger partial charge is 0.0991 e. The minimum absolute atomic E-state index is 0.885. The van der Waals surface area contributed by atoms with E-state index in [0.29, 0.717) is 0 Å². The summed E-state index contributed by atoms with van der Waals surface area (Å²) < 4.78 is 0. The van der Waals surface area contributed by atoms with Gasteiger partial charge in [0.25, 0.3) is 0 Å². The van der Waals surface area contributed by atoms with Crippen molar-refractivity contribution in [3.8, 4) is 0 Å². The van der Waals surface area contributed by atoms with Gasteiger partial charge in [-0.1, -0.05) is 39.5 Å². The van der Waals surface area contributed by atoms with E-state index in [2.05, 4.69) is 32.3 Å². The van der Waals surface area contributed by atoms with Gasteiger partial charge in [0.2, 0.25) is 0 Å². The van der Waals surface area contributed by atoms with E-state index < -0.39 is 0 Å². The molecule has 0 radical (unpaired) electrons. The normalized spacial score (nSPS) is 13.8. The Labute approximate surface area is 59.1 Å². The molecule has 0 fully saturated rings. The van der Waals surface area contributed by atoms with Crippen molar-refractivity contribution in [1.82, 2.24) is 0 Å². The van der Waals surface area contributed by atoms with Gasteiger partial charge in [-0.2, -0.15) is 0 Å². The molecule has 0 aromatic rings. The first-order chi connectivity index (χ1) is 4.35. The number of hydrogen-bond donors (Lipinski definition) is 0. The molecule has 0 aliphatic rings. The summed E-state index contributed by atoms with van der Waals surface area (Å²) in [7, 11) is 0.885. The lowest BCUT2D eigenvalue weighted by atomic mass is 10.4. The summed E-state index contributed by atoms with van der Waals surface area (Å²) in [6, 6.07) is 0. The quantitative estimate of drug-likeness (QED) is 0.417. The van der Waals surface area contributed by atoms with Gasteiger partial charge in [-0.3, -0.25) is 0 Å². The van der Waals surface area contributed by atoms with Crippen molar-refractivity contribution in [1.29, 1.82) is 0 Å². The first-order valence-electron chi connectivity index (χ1n) is 2.98. The predicted molar refractivity (Wildman–Crippen MR) is 47.3 cm³/mol. The van der Waals surface area contributed by atoms with Crippen LogP contribution in [0.15, 0.2) is 36.2 Å². The summed E-state index contributed by atoms with van der Waals surface area (Å²) >= 11 is 0. The van der Waals surface area contributed by atoms with Crippen LogP contribution in [0.5, 0.6) is 0 Å². The highest BCUT2D eigenvalue weighted by Gasteiger charge is 1.79.